The van der Waals surface area contributed by atoms with Crippen molar-refractivity contribution in [1.82, 2.24) is 0 Å². The van der Waals surface area contributed by atoms with Gasteiger partial charge < -0.3 is 0 Å². The van der Waals surface area contributed by atoms with Gasteiger partial charge in [0.2, 0.25) is 0 Å². The van der Waals surface area contributed by atoms with Crippen LogP contribution >= 0.6 is 38.6 Å². The van der Waals surface area contributed by atoms with Gasteiger partial charge in [-0.2, -0.15) is 0 Å². The Kier molecular flexibility index (Phi) is 3.70. The zero-order valence-electron chi connectivity index (χ0n) is 9.95. The minimum Gasteiger partial charge on any atom is -0.293 e. The molecule has 3 rings (SSSR count). The molecule has 0 aliphatic carbocycles. The molecule has 0 amide bonds. The topological polar surface area (TPSA) is 17.1 Å². The van der Waals surface area contributed by atoms with E-state index in [2.05, 4.69) is 15.9 Å². The summed E-state index contributed by atoms with van der Waals surface area (Å²) in [6.07, 6.45) is -0.273. The number of thiophene rings is 2. The number of halogens is 3. The fourth-order valence-corrected chi connectivity index (χ4v) is 4.30. The minimum absolute atomic E-state index is 0.161. The molecule has 0 aliphatic heterocycles. The zero-order chi connectivity index (χ0) is 14.3. The van der Waals surface area contributed by atoms with E-state index in [0.29, 0.717) is 4.88 Å². The number of Topliss-reactive ketones (excluding diaryl/α,β-unsaturated/α-hetero) is 1. The summed E-state index contributed by atoms with van der Waals surface area (Å²) in [7, 11) is 0. The van der Waals surface area contributed by atoms with Gasteiger partial charge in [0.1, 0.15) is 11.6 Å². The van der Waals surface area contributed by atoms with E-state index in [1.165, 1.54) is 17.4 Å². The summed E-state index contributed by atoms with van der Waals surface area (Å²) in [4.78, 5) is 12.7. The molecule has 1 nitrogen and oxygen atoms in total. The molecule has 0 fully saturated rings. The molecule has 0 radical (unpaired) electrons. The molecule has 20 heavy (non-hydrogen) atoms. The molecule has 102 valence electrons. The average molecular weight is 373 g/mol. The summed E-state index contributed by atoms with van der Waals surface area (Å²) in [6.45, 7) is 0. The lowest BCUT2D eigenvalue weighted by atomic mass is 10.1. The van der Waals surface area contributed by atoms with Crippen molar-refractivity contribution in [2.45, 2.75) is 6.42 Å². The van der Waals surface area contributed by atoms with Gasteiger partial charge in [0.15, 0.2) is 5.78 Å². The molecule has 6 heteroatoms. The molecular formula is C14H7BrF2OS2. The first-order valence-electron chi connectivity index (χ1n) is 5.69. The SMILES string of the molecule is O=C(Cc1c(F)ccc(Br)c1F)c1cc2sccc2s1. The molecule has 2 aromatic heterocycles. The summed E-state index contributed by atoms with van der Waals surface area (Å²) in [5, 5.41) is 1.95. The van der Waals surface area contributed by atoms with Crippen LogP contribution in [-0.4, -0.2) is 5.78 Å². The normalized spacial score (nSPS) is 11.2. The summed E-state index contributed by atoms with van der Waals surface area (Å²) in [5.41, 5.74) is -0.193. The largest absolute Gasteiger partial charge is 0.293 e. The maximum absolute atomic E-state index is 13.8. The third kappa shape index (κ3) is 2.43. The van der Waals surface area contributed by atoms with Crippen molar-refractivity contribution in [3.05, 3.63) is 56.2 Å². The van der Waals surface area contributed by atoms with Gasteiger partial charge in [-0.15, -0.1) is 22.7 Å². The van der Waals surface area contributed by atoms with Crippen LogP contribution in [0.25, 0.3) is 9.40 Å². The molecule has 0 N–H and O–H groups in total. The van der Waals surface area contributed by atoms with Crippen molar-refractivity contribution in [2.24, 2.45) is 0 Å². The Labute approximate surface area is 130 Å². The number of carbonyl (C=O) groups is 1. The quantitative estimate of drug-likeness (QED) is 0.442. The van der Waals surface area contributed by atoms with E-state index >= 15 is 0 Å². The van der Waals surface area contributed by atoms with Crippen LogP contribution in [0.2, 0.25) is 0 Å². The average Bonchev–Trinajstić information content (AvgIpc) is 3.00. The van der Waals surface area contributed by atoms with Crippen molar-refractivity contribution >= 4 is 53.8 Å². The van der Waals surface area contributed by atoms with Gasteiger partial charge in [0.25, 0.3) is 0 Å². The fourth-order valence-electron chi connectivity index (χ4n) is 1.88. The summed E-state index contributed by atoms with van der Waals surface area (Å²) in [6, 6.07) is 6.16. The van der Waals surface area contributed by atoms with Gasteiger partial charge in [-0.1, -0.05) is 0 Å². The Morgan fingerprint density at radius 1 is 1.20 bits per heavy atom. The fraction of sp³-hybridized carbons (Fsp3) is 0.0714. The van der Waals surface area contributed by atoms with Crippen molar-refractivity contribution in [1.29, 1.82) is 0 Å². The molecular weight excluding hydrogens is 366 g/mol. The molecule has 0 unspecified atom stereocenters. The number of carbonyl (C=O) groups excluding carboxylic acids is 1. The number of benzene rings is 1. The Bertz CT molecular complexity index is 778. The van der Waals surface area contributed by atoms with Crippen LogP contribution in [0.15, 0.2) is 34.1 Å². The predicted molar refractivity (Wildman–Crippen MR) is 81.8 cm³/mol. The summed E-state index contributed by atoms with van der Waals surface area (Å²) < 4.78 is 29.7. The highest BCUT2D eigenvalue weighted by molar-refractivity contribution is 9.10. The number of hydrogen-bond acceptors (Lipinski definition) is 3. The highest BCUT2D eigenvalue weighted by atomic mass is 79.9. The van der Waals surface area contributed by atoms with Crippen LogP contribution in [0, 0.1) is 11.6 Å². The van der Waals surface area contributed by atoms with Gasteiger partial charge in [0.05, 0.1) is 9.35 Å². The molecule has 0 aliphatic rings. The molecule has 0 bridgehead atoms. The van der Waals surface area contributed by atoms with Gasteiger partial charge in [-0.05, 0) is 45.6 Å². The molecule has 3 aromatic rings. The molecule has 0 saturated carbocycles. The first-order chi connectivity index (χ1) is 9.56. The van der Waals surface area contributed by atoms with E-state index in [9.17, 15) is 13.6 Å². The third-order valence-electron chi connectivity index (χ3n) is 2.89. The van der Waals surface area contributed by atoms with Gasteiger partial charge >= 0.3 is 0 Å². The molecule has 0 atom stereocenters. The second kappa shape index (κ2) is 5.35. The highest BCUT2D eigenvalue weighted by Gasteiger charge is 2.18. The van der Waals surface area contributed by atoms with Crippen LogP contribution in [-0.2, 0) is 6.42 Å². The molecule has 2 heterocycles. The lowest BCUT2D eigenvalue weighted by Gasteiger charge is -2.05. The Hall–Kier alpha value is -1.11. The molecule has 0 saturated heterocycles. The van der Waals surface area contributed by atoms with Crippen LogP contribution in [0.1, 0.15) is 15.2 Å². The number of hydrogen-bond donors (Lipinski definition) is 0. The van der Waals surface area contributed by atoms with E-state index in [1.807, 2.05) is 11.4 Å². The molecule has 0 spiro atoms. The highest BCUT2D eigenvalue weighted by Crippen LogP contribution is 2.31. The van der Waals surface area contributed by atoms with Crippen LogP contribution in [0.5, 0.6) is 0 Å². The first kappa shape index (κ1) is 13.9. The van der Waals surface area contributed by atoms with Crippen LogP contribution in [0.4, 0.5) is 8.78 Å². The monoisotopic (exact) mass is 372 g/mol. The van der Waals surface area contributed by atoms with Crippen LogP contribution in [0.3, 0.4) is 0 Å². The van der Waals surface area contributed by atoms with Gasteiger partial charge in [0, 0.05) is 21.4 Å². The van der Waals surface area contributed by atoms with Crippen LogP contribution < -0.4 is 0 Å². The van der Waals surface area contributed by atoms with Crippen molar-refractivity contribution in [3.8, 4) is 0 Å². The predicted octanol–water partition coefficient (Wildman–Crippen LogP) is 5.43. The van der Waals surface area contributed by atoms with E-state index in [4.69, 9.17) is 0 Å². The maximum Gasteiger partial charge on any atom is 0.177 e. The maximum atomic E-state index is 13.8. The molecule has 1 aromatic carbocycles. The third-order valence-corrected chi connectivity index (χ3v) is 5.64. The Balaban J connectivity index is 1.93. The summed E-state index contributed by atoms with van der Waals surface area (Å²) in [5.74, 6) is -1.68. The lowest BCUT2D eigenvalue weighted by molar-refractivity contribution is 0.0994. The van der Waals surface area contributed by atoms with Crippen molar-refractivity contribution in [3.63, 3.8) is 0 Å². The van der Waals surface area contributed by atoms with Gasteiger partial charge in [-0.25, -0.2) is 8.78 Å². The van der Waals surface area contributed by atoms with Crippen molar-refractivity contribution in [2.75, 3.05) is 0 Å². The van der Waals surface area contributed by atoms with E-state index in [1.54, 1.807) is 17.4 Å². The van der Waals surface area contributed by atoms with Crippen molar-refractivity contribution < 1.29 is 13.6 Å². The lowest BCUT2D eigenvalue weighted by Crippen LogP contribution is -2.06. The Morgan fingerprint density at radius 3 is 2.75 bits per heavy atom. The smallest absolute Gasteiger partial charge is 0.177 e. The van der Waals surface area contributed by atoms with E-state index in [0.717, 1.165) is 15.5 Å². The van der Waals surface area contributed by atoms with Gasteiger partial charge in [-0.3, -0.25) is 4.79 Å². The first-order valence-corrected chi connectivity index (χ1v) is 8.18. The second-order valence-corrected chi connectivity index (χ2v) is 7.07. The Morgan fingerprint density at radius 2 is 2.00 bits per heavy atom. The zero-order valence-corrected chi connectivity index (χ0v) is 13.2. The van der Waals surface area contributed by atoms with E-state index in [-0.39, 0.29) is 22.2 Å². The second-order valence-electron chi connectivity index (χ2n) is 4.18. The standard InChI is InChI=1S/C14H7BrF2OS2/c15-8-1-2-9(16)7(14(8)17)5-10(18)12-6-13-11(20-12)3-4-19-13/h1-4,6H,5H2. The minimum atomic E-state index is -0.711. The van der Waals surface area contributed by atoms with E-state index < -0.39 is 11.6 Å². The summed E-state index contributed by atoms with van der Waals surface area (Å²) >= 11 is 5.89. The number of ketones is 1. The number of fused-ring (bicyclic) bond motifs is 1. The number of rotatable bonds is 3.